The highest BCUT2D eigenvalue weighted by molar-refractivity contribution is 7.12. The van der Waals surface area contributed by atoms with Crippen LogP contribution in [-0.2, 0) is 12.8 Å². The molecule has 1 atom stereocenters. The summed E-state index contributed by atoms with van der Waals surface area (Å²) in [7, 11) is 0. The first-order valence-corrected chi connectivity index (χ1v) is 7.56. The third-order valence-corrected chi connectivity index (χ3v) is 4.87. The quantitative estimate of drug-likeness (QED) is 0.645. The molecule has 3 heteroatoms. The van der Waals surface area contributed by atoms with E-state index in [-0.39, 0.29) is 6.04 Å². The van der Waals surface area contributed by atoms with Gasteiger partial charge < -0.3 is 0 Å². The van der Waals surface area contributed by atoms with Gasteiger partial charge in [0, 0.05) is 9.75 Å². The second-order valence-electron chi connectivity index (χ2n) is 4.98. The lowest BCUT2D eigenvalue weighted by molar-refractivity contribution is 0.560. The molecule has 1 unspecified atom stereocenters. The van der Waals surface area contributed by atoms with Gasteiger partial charge in [-0.05, 0) is 49.4 Å². The average molecular weight is 274 g/mol. The average Bonchev–Trinajstić information content (AvgIpc) is 2.76. The van der Waals surface area contributed by atoms with Crippen molar-refractivity contribution in [1.29, 1.82) is 0 Å². The maximum atomic E-state index is 5.72. The van der Waals surface area contributed by atoms with Crippen molar-refractivity contribution < 1.29 is 0 Å². The van der Waals surface area contributed by atoms with E-state index in [4.69, 9.17) is 5.84 Å². The summed E-state index contributed by atoms with van der Waals surface area (Å²) in [6.45, 7) is 6.49. The standard InChI is InChI=1S/C16H22N2S/c1-4-13-5-7-14(8-6-13)10-15(18-17)16-9-11(2)12(3)19-16/h5-9,15,18H,4,10,17H2,1-3H3. The van der Waals surface area contributed by atoms with Crippen molar-refractivity contribution in [3.8, 4) is 0 Å². The molecule has 2 nitrogen and oxygen atoms in total. The van der Waals surface area contributed by atoms with Crippen molar-refractivity contribution >= 4 is 11.3 Å². The van der Waals surface area contributed by atoms with E-state index in [1.165, 1.54) is 26.4 Å². The molecule has 0 saturated heterocycles. The Morgan fingerprint density at radius 1 is 1.16 bits per heavy atom. The van der Waals surface area contributed by atoms with Crippen LogP contribution in [0.5, 0.6) is 0 Å². The monoisotopic (exact) mass is 274 g/mol. The number of nitrogens with two attached hydrogens (primary N) is 1. The highest BCUT2D eigenvalue weighted by Crippen LogP contribution is 2.28. The van der Waals surface area contributed by atoms with E-state index in [0.717, 1.165) is 12.8 Å². The summed E-state index contributed by atoms with van der Waals surface area (Å²) in [5.74, 6) is 5.72. The van der Waals surface area contributed by atoms with E-state index in [9.17, 15) is 0 Å². The second-order valence-corrected chi connectivity index (χ2v) is 6.27. The minimum Gasteiger partial charge on any atom is -0.271 e. The van der Waals surface area contributed by atoms with Gasteiger partial charge in [-0.15, -0.1) is 11.3 Å². The van der Waals surface area contributed by atoms with Gasteiger partial charge in [-0.2, -0.15) is 0 Å². The van der Waals surface area contributed by atoms with Crippen LogP contribution in [0.25, 0.3) is 0 Å². The van der Waals surface area contributed by atoms with Crippen LogP contribution in [0.15, 0.2) is 30.3 Å². The molecule has 0 saturated carbocycles. The minimum atomic E-state index is 0.199. The molecule has 0 aliphatic carbocycles. The largest absolute Gasteiger partial charge is 0.271 e. The number of nitrogens with one attached hydrogen (secondary N) is 1. The van der Waals surface area contributed by atoms with Gasteiger partial charge in [-0.3, -0.25) is 11.3 Å². The van der Waals surface area contributed by atoms with E-state index in [0.29, 0.717) is 0 Å². The van der Waals surface area contributed by atoms with E-state index >= 15 is 0 Å². The lowest BCUT2D eigenvalue weighted by Crippen LogP contribution is -2.28. The molecule has 1 heterocycles. The summed E-state index contributed by atoms with van der Waals surface area (Å²) < 4.78 is 0. The number of aryl methyl sites for hydroxylation is 3. The molecule has 102 valence electrons. The van der Waals surface area contributed by atoms with Crippen molar-refractivity contribution in [2.45, 2.75) is 39.7 Å². The lowest BCUT2D eigenvalue weighted by Gasteiger charge is -2.14. The highest BCUT2D eigenvalue weighted by Gasteiger charge is 2.14. The molecule has 0 aliphatic heterocycles. The van der Waals surface area contributed by atoms with Crippen molar-refractivity contribution in [3.05, 3.63) is 56.8 Å². The SMILES string of the molecule is CCc1ccc(CC(NN)c2cc(C)c(C)s2)cc1. The van der Waals surface area contributed by atoms with Crippen LogP contribution in [0.2, 0.25) is 0 Å². The Labute approximate surface area is 119 Å². The fourth-order valence-corrected chi connectivity index (χ4v) is 3.26. The number of hydrogen-bond donors (Lipinski definition) is 2. The maximum absolute atomic E-state index is 5.72. The van der Waals surface area contributed by atoms with Gasteiger partial charge in [0.15, 0.2) is 0 Å². The molecule has 0 spiro atoms. The summed E-state index contributed by atoms with van der Waals surface area (Å²) in [6, 6.07) is 11.3. The van der Waals surface area contributed by atoms with Crippen LogP contribution >= 0.6 is 11.3 Å². The molecule has 1 aromatic carbocycles. The van der Waals surface area contributed by atoms with Gasteiger partial charge in [0.25, 0.3) is 0 Å². The Bertz CT molecular complexity index is 509. The predicted octanol–water partition coefficient (Wildman–Crippen LogP) is 3.67. The fraction of sp³-hybridized carbons (Fsp3) is 0.375. The zero-order valence-electron chi connectivity index (χ0n) is 11.9. The van der Waals surface area contributed by atoms with Crippen molar-refractivity contribution in [2.75, 3.05) is 0 Å². The van der Waals surface area contributed by atoms with Crippen molar-refractivity contribution in [3.63, 3.8) is 0 Å². The van der Waals surface area contributed by atoms with Gasteiger partial charge in [-0.1, -0.05) is 31.2 Å². The molecule has 0 bridgehead atoms. The third-order valence-electron chi connectivity index (χ3n) is 3.60. The van der Waals surface area contributed by atoms with Gasteiger partial charge in [0.1, 0.15) is 0 Å². The normalized spacial score (nSPS) is 12.6. The van der Waals surface area contributed by atoms with Crippen molar-refractivity contribution in [2.24, 2.45) is 5.84 Å². The summed E-state index contributed by atoms with van der Waals surface area (Å²) >= 11 is 1.83. The van der Waals surface area contributed by atoms with E-state index in [2.05, 4.69) is 56.5 Å². The predicted molar refractivity (Wildman–Crippen MR) is 83.4 cm³/mol. The highest BCUT2D eigenvalue weighted by atomic mass is 32.1. The first-order chi connectivity index (χ1) is 9.13. The Hall–Kier alpha value is -1.16. The Kier molecular flexibility index (Phi) is 4.75. The zero-order valence-corrected chi connectivity index (χ0v) is 12.7. The third kappa shape index (κ3) is 3.44. The van der Waals surface area contributed by atoms with E-state index in [1.807, 2.05) is 11.3 Å². The smallest absolute Gasteiger partial charge is 0.0593 e. The number of benzene rings is 1. The second kappa shape index (κ2) is 6.33. The van der Waals surface area contributed by atoms with Crippen LogP contribution < -0.4 is 11.3 Å². The van der Waals surface area contributed by atoms with Crippen LogP contribution in [0.3, 0.4) is 0 Å². The Balaban J connectivity index is 2.13. The maximum Gasteiger partial charge on any atom is 0.0593 e. The number of hydrazine groups is 1. The molecule has 1 aromatic heterocycles. The van der Waals surface area contributed by atoms with Gasteiger partial charge in [-0.25, -0.2) is 0 Å². The molecule has 2 aromatic rings. The van der Waals surface area contributed by atoms with Crippen molar-refractivity contribution in [1.82, 2.24) is 5.43 Å². The molecule has 2 rings (SSSR count). The summed E-state index contributed by atoms with van der Waals surface area (Å²) in [4.78, 5) is 2.69. The van der Waals surface area contributed by atoms with Gasteiger partial charge in [0.05, 0.1) is 6.04 Å². The Morgan fingerprint density at radius 3 is 2.26 bits per heavy atom. The molecular weight excluding hydrogens is 252 g/mol. The molecule has 0 aliphatic rings. The summed E-state index contributed by atoms with van der Waals surface area (Å²) in [5.41, 5.74) is 7.00. The molecule has 19 heavy (non-hydrogen) atoms. The van der Waals surface area contributed by atoms with Gasteiger partial charge in [0.2, 0.25) is 0 Å². The Morgan fingerprint density at radius 2 is 1.79 bits per heavy atom. The number of thiophene rings is 1. The minimum absolute atomic E-state index is 0.199. The molecular formula is C16H22N2S. The van der Waals surface area contributed by atoms with Crippen LogP contribution in [-0.4, -0.2) is 0 Å². The van der Waals surface area contributed by atoms with Crippen LogP contribution in [0, 0.1) is 13.8 Å². The first kappa shape index (κ1) is 14.3. The zero-order chi connectivity index (χ0) is 13.8. The molecule has 3 N–H and O–H groups in total. The molecule has 0 amide bonds. The fourth-order valence-electron chi connectivity index (χ4n) is 2.16. The van der Waals surface area contributed by atoms with Crippen LogP contribution in [0.4, 0.5) is 0 Å². The topological polar surface area (TPSA) is 38.0 Å². The summed E-state index contributed by atoms with van der Waals surface area (Å²) in [5, 5.41) is 0. The lowest BCUT2D eigenvalue weighted by atomic mass is 10.0. The molecule has 0 radical (unpaired) electrons. The van der Waals surface area contributed by atoms with E-state index in [1.54, 1.807) is 0 Å². The van der Waals surface area contributed by atoms with E-state index < -0.39 is 0 Å². The molecule has 0 fully saturated rings. The number of rotatable bonds is 5. The van der Waals surface area contributed by atoms with Gasteiger partial charge >= 0.3 is 0 Å². The number of hydrogen-bond acceptors (Lipinski definition) is 3. The van der Waals surface area contributed by atoms with Crippen LogP contribution in [0.1, 0.15) is 39.4 Å². The first-order valence-electron chi connectivity index (χ1n) is 6.75. The summed E-state index contributed by atoms with van der Waals surface area (Å²) in [6.07, 6.45) is 2.02.